The van der Waals surface area contributed by atoms with Crippen molar-refractivity contribution >= 4 is 6.29 Å². The van der Waals surface area contributed by atoms with Gasteiger partial charge in [0.05, 0.1) is 12.2 Å². The van der Waals surface area contributed by atoms with Gasteiger partial charge in [-0.1, -0.05) is 31.2 Å². The Hall–Kier alpha value is -1.19. The highest BCUT2D eigenvalue weighted by Crippen LogP contribution is 2.58. The first-order chi connectivity index (χ1) is 10.5. The summed E-state index contributed by atoms with van der Waals surface area (Å²) in [5.41, 5.74) is 1.29. The zero-order valence-corrected chi connectivity index (χ0v) is 13.3. The van der Waals surface area contributed by atoms with Gasteiger partial charge in [-0.2, -0.15) is 0 Å². The molecule has 2 N–H and O–H groups in total. The number of hydrogen-bond acceptors (Lipinski definition) is 3. The topological polar surface area (TPSA) is 57.5 Å². The van der Waals surface area contributed by atoms with E-state index in [1.165, 1.54) is 5.56 Å². The number of rotatable bonds is 4. The number of carbonyl (C=O) groups excluding carboxylic acids is 1. The maximum atomic E-state index is 11.3. The Labute approximate surface area is 132 Å². The van der Waals surface area contributed by atoms with Crippen molar-refractivity contribution in [3.8, 4) is 0 Å². The summed E-state index contributed by atoms with van der Waals surface area (Å²) in [5.74, 6) is 0.491. The molecule has 1 aromatic carbocycles. The fourth-order valence-corrected chi connectivity index (χ4v) is 4.69. The van der Waals surface area contributed by atoms with Crippen molar-refractivity contribution in [2.45, 2.75) is 57.7 Å². The summed E-state index contributed by atoms with van der Waals surface area (Å²) in [6.45, 7) is 2.18. The summed E-state index contributed by atoms with van der Waals surface area (Å²) in [6.07, 6.45) is 6.43. The summed E-state index contributed by atoms with van der Waals surface area (Å²) in [5, 5.41) is 20.2. The lowest BCUT2D eigenvalue weighted by atomic mass is 9.59. The highest BCUT2D eigenvalue weighted by molar-refractivity contribution is 5.57. The Morgan fingerprint density at radius 2 is 1.86 bits per heavy atom. The molecule has 0 saturated heterocycles. The molecule has 1 aromatic rings. The van der Waals surface area contributed by atoms with Crippen molar-refractivity contribution in [1.82, 2.24) is 0 Å². The molecule has 0 unspecified atom stereocenters. The summed E-state index contributed by atoms with van der Waals surface area (Å²) in [6, 6.07) is 8.09. The van der Waals surface area contributed by atoms with E-state index in [0.29, 0.717) is 5.92 Å². The maximum Gasteiger partial charge on any atom is 0.123 e. The van der Waals surface area contributed by atoms with Crippen LogP contribution in [0.4, 0.5) is 0 Å². The molecule has 0 bridgehead atoms. The fraction of sp³-hybridized carbons (Fsp3) is 0.632. The lowest BCUT2D eigenvalue weighted by Crippen LogP contribution is -2.50. The summed E-state index contributed by atoms with van der Waals surface area (Å²) in [4.78, 5) is 11.3. The van der Waals surface area contributed by atoms with E-state index in [0.717, 1.165) is 50.4 Å². The Bertz CT molecular complexity index is 538. The summed E-state index contributed by atoms with van der Waals surface area (Å²) >= 11 is 0. The highest BCUT2D eigenvalue weighted by atomic mass is 16.3. The first-order valence-electron chi connectivity index (χ1n) is 8.37. The number of aldehydes is 1. The van der Waals surface area contributed by atoms with Gasteiger partial charge in [0.2, 0.25) is 0 Å². The van der Waals surface area contributed by atoms with Crippen molar-refractivity contribution in [1.29, 1.82) is 0 Å². The van der Waals surface area contributed by atoms with Gasteiger partial charge in [0, 0.05) is 11.3 Å². The first kappa shape index (κ1) is 15.7. The SMILES string of the molecule is C[C@]12CC[C@H](Cc3ccc(CO)cc3)C[C@@]1(O)CC[C@@H]2C=O. The van der Waals surface area contributed by atoms with Crippen LogP contribution >= 0.6 is 0 Å². The number of benzene rings is 1. The van der Waals surface area contributed by atoms with Crippen LogP contribution in [-0.2, 0) is 17.8 Å². The minimum Gasteiger partial charge on any atom is -0.392 e. The van der Waals surface area contributed by atoms with E-state index >= 15 is 0 Å². The number of hydrogen-bond donors (Lipinski definition) is 2. The largest absolute Gasteiger partial charge is 0.392 e. The molecule has 2 fully saturated rings. The second kappa shape index (κ2) is 5.78. The minimum absolute atomic E-state index is 0.0160. The van der Waals surface area contributed by atoms with Gasteiger partial charge in [0.25, 0.3) is 0 Å². The van der Waals surface area contributed by atoms with Crippen LogP contribution in [0.3, 0.4) is 0 Å². The number of carbonyl (C=O) groups is 1. The number of aliphatic hydroxyl groups is 2. The van der Waals surface area contributed by atoms with E-state index in [9.17, 15) is 9.90 Å². The molecule has 0 heterocycles. The van der Waals surface area contributed by atoms with Crippen LogP contribution in [0.15, 0.2) is 24.3 Å². The maximum absolute atomic E-state index is 11.3. The van der Waals surface area contributed by atoms with E-state index in [1.807, 2.05) is 12.1 Å². The molecule has 4 atom stereocenters. The second-order valence-corrected chi connectivity index (χ2v) is 7.52. The van der Waals surface area contributed by atoms with Crippen molar-refractivity contribution in [3.63, 3.8) is 0 Å². The van der Waals surface area contributed by atoms with Gasteiger partial charge in [-0.05, 0) is 55.6 Å². The second-order valence-electron chi connectivity index (χ2n) is 7.52. The van der Waals surface area contributed by atoms with E-state index in [-0.39, 0.29) is 17.9 Å². The smallest absolute Gasteiger partial charge is 0.123 e. The molecule has 3 rings (SSSR count). The lowest BCUT2D eigenvalue weighted by molar-refractivity contribution is -0.131. The Morgan fingerprint density at radius 3 is 2.50 bits per heavy atom. The molecule has 0 aliphatic heterocycles. The molecule has 3 nitrogen and oxygen atoms in total. The van der Waals surface area contributed by atoms with Gasteiger partial charge < -0.3 is 15.0 Å². The molecule has 0 radical (unpaired) electrons. The Kier molecular flexibility index (Phi) is 4.13. The Morgan fingerprint density at radius 1 is 1.18 bits per heavy atom. The molecular weight excluding hydrogens is 276 g/mol. The fourth-order valence-electron chi connectivity index (χ4n) is 4.69. The van der Waals surface area contributed by atoms with Crippen LogP contribution in [0.1, 0.15) is 50.2 Å². The van der Waals surface area contributed by atoms with E-state index in [4.69, 9.17) is 5.11 Å². The number of fused-ring (bicyclic) bond motifs is 1. The van der Waals surface area contributed by atoms with Gasteiger partial charge in [0.15, 0.2) is 0 Å². The van der Waals surface area contributed by atoms with Gasteiger partial charge in [-0.25, -0.2) is 0 Å². The number of aliphatic hydroxyl groups excluding tert-OH is 1. The van der Waals surface area contributed by atoms with Crippen molar-refractivity contribution < 1.29 is 15.0 Å². The third-order valence-corrected chi connectivity index (χ3v) is 6.34. The zero-order chi connectivity index (χ0) is 15.8. The highest BCUT2D eigenvalue weighted by Gasteiger charge is 2.58. The van der Waals surface area contributed by atoms with Crippen LogP contribution in [0, 0.1) is 17.3 Å². The molecule has 120 valence electrons. The summed E-state index contributed by atoms with van der Waals surface area (Å²) in [7, 11) is 0. The van der Waals surface area contributed by atoms with Crippen LogP contribution in [0.5, 0.6) is 0 Å². The van der Waals surface area contributed by atoms with Gasteiger partial charge in [0.1, 0.15) is 6.29 Å². The first-order valence-corrected chi connectivity index (χ1v) is 8.37. The predicted octanol–water partition coefficient (Wildman–Crippen LogP) is 2.87. The third kappa shape index (κ3) is 2.50. The summed E-state index contributed by atoms with van der Waals surface area (Å²) < 4.78 is 0. The monoisotopic (exact) mass is 302 g/mol. The normalized spacial score (nSPS) is 37.8. The van der Waals surface area contributed by atoms with E-state index in [1.54, 1.807) is 0 Å². The third-order valence-electron chi connectivity index (χ3n) is 6.34. The zero-order valence-electron chi connectivity index (χ0n) is 13.3. The molecule has 2 saturated carbocycles. The standard InChI is InChI=1S/C19H26O3/c1-18-8-6-16(10-14-2-4-15(12-20)5-3-14)11-19(18,22)9-7-17(18)13-21/h2-5,13,16-17,20,22H,6-12H2,1H3/t16-,17-,18-,19+/m1/s1. The lowest BCUT2D eigenvalue weighted by Gasteiger charge is -2.48. The van der Waals surface area contributed by atoms with Gasteiger partial charge >= 0.3 is 0 Å². The average Bonchev–Trinajstić information content (AvgIpc) is 2.79. The molecule has 0 spiro atoms. The predicted molar refractivity (Wildman–Crippen MR) is 85.3 cm³/mol. The minimum atomic E-state index is -0.674. The van der Waals surface area contributed by atoms with Crippen molar-refractivity contribution in [3.05, 3.63) is 35.4 Å². The van der Waals surface area contributed by atoms with Gasteiger partial charge in [-0.3, -0.25) is 0 Å². The van der Waals surface area contributed by atoms with Crippen LogP contribution < -0.4 is 0 Å². The molecule has 22 heavy (non-hydrogen) atoms. The molecule has 3 heteroatoms. The Balaban J connectivity index is 1.70. The van der Waals surface area contributed by atoms with E-state index < -0.39 is 5.60 Å². The molecule has 2 aliphatic rings. The van der Waals surface area contributed by atoms with Crippen LogP contribution in [0.25, 0.3) is 0 Å². The van der Waals surface area contributed by atoms with E-state index in [2.05, 4.69) is 19.1 Å². The van der Waals surface area contributed by atoms with Crippen molar-refractivity contribution in [2.24, 2.45) is 17.3 Å². The van der Waals surface area contributed by atoms with Gasteiger partial charge in [-0.15, -0.1) is 0 Å². The molecular formula is C19H26O3. The van der Waals surface area contributed by atoms with Crippen LogP contribution in [-0.4, -0.2) is 22.1 Å². The molecule has 2 aliphatic carbocycles. The molecule has 0 aromatic heterocycles. The molecule has 0 amide bonds. The average molecular weight is 302 g/mol. The van der Waals surface area contributed by atoms with Crippen LogP contribution in [0.2, 0.25) is 0 Å². The van der Waals surface area contributed by atoms with Crippen molar-refractivity contribution in [2.75, 3.05) is 0 Å². The quantitative estimate of drug-likeness (QED) is 0.841.